The Kier molecular flexibility index (Phi) is 6.38. The highest BCUT2D eigenvalue weighted by molar-refractivity contribution is 7.87. The summed E-state index contributed by atoms with van der Waals surface area (Å²) >= 11 is 0. The van der Waals surface area contributed by atoms with Crippen molar-refractivity contribution in [1.82, 2.24) is 13.9 Å². The lowest BCUT2D eigenvalue weighted by Gasteiger charge is -2.35. The van der Waals surface area contributed by atoms with Crippen LogP contribution < -0.4 is 4.72 Å². The van der Waals surface area contributed by atoms with Crippen LogP contribution in [0.15, 0.2) is 0 Å². The molecule has 1 N–H and O–H groups in total. The van der Waals surface area contributed by atoms with E-state index in [-0.39, 0.29) is 19.0 Å². The largest absolute Gasteiger partial charge is 0.469 e. The van der Waals surface area contributed by atoms with Crippen LogP contribution in [0, 0.1) is 0 Å². The Morgan fingerprint density at radius 2 is 2.15 bits per heavy atom. The van der Waals surface area contributed by atoms with Gasteiger partial charge in [0.1, 0.15) is 0 Å². The highest BCUT2D eigenvalue weighted by Gasteiger charge is 2.28. The number of piperidine rings is 1. The molecule has 0 aliphatic carbocycles. The minimum absolute atomic E-state index is 0.0493. The Labute approximate surface area is 121 Å². The second-order valence-electron chi connectivity index (χ2n) is 5.32. The standard InChI is InChI=1S/C12H25N3O4S/c1-10-9-11(5-7-14(10)2)13-20(17,18)15(3)8-6-12(16)19-4/h10-11,13H,5-9H2,1-4H3. The molecule has 1 rings (SSSR count). The van der Waals surface area contributed by atoms with Gasteiger partial charge in [-0.1, -0.05) is 0 Å². The number of hydrogen-bond acceptors (Lipinski definition) is 5. The molecule has 2 unspecified atom stereocenters. The van der Waals surface area contributed by atoms with E-state index in [9.17, 15) is 13.2 Å². The maximum Gasteiger partial charge on any atom is 0.306 e. The average molecular weight is 307 g/mol. The van der Waals surface area contributed by atoms with Gasteiger partial charge in [0.2, 0.25) is 0 Å². The Hall–Kier alpha value is -0.700. The quantitative estimate of drug-likeness (QED) is 0.688. The van der Waals surface area contributed by atoms with Gasteiger partial charge >= 0.3 is 5.97 Å². The van der Waals surface area contributed by atoms with Gasteiger partial charge in [-0.05, 0) is 33.4 Å². The van der Waals surface area contributed by atoms with Crippen molar-refractivity contribution >= 4 is 16.2 Å². The molecule has 1 heterocycles. The molecule has 20 heavy (non-hydrogen) atoms. The summed E-state index contributed by atoms with van der Waals surface area (Å²) in [6.45, 7) is 3.08. The molecule has 118 valence electrons. The zero-order chi connectivity index (χ0) is 15.3. The first-order valence-electron chi connectivity index (χ1n) is 6.77. The van der Waals surface area contributed by atoms with Gasteiger partial charge in [0.05, 0.1) is 13.5 Å². The van der Waals surface area contributed by atoms with Crippen LogP contribution in [0.4, 0.5) is 0 Å². The van der Waals surface area contributed by atoms with E-state index in [1.54, 1.807) is 0 Å². The SMILES string of the molecule is COC(=O)CCN(C)S(=O)(=O)NC1CCN(C)C(C)C1. The maximum atomic E-state index is 12.1. The van der Waals surface area contributed by atoms with E-state index in [1.165, 1.54) is 14.2 Å². The Morgan fingerprint density at radius 3 is 2.70 bits per heavy atom. The van der Waals surface area contributed by atoms with E-state index in [0.717, 1.165) is 23.7 Å². The average Bonchev–Trinajstić information content (AvgIpc) is 2.39. The van der Waals surface area contributed by atoms with Gasteiger partial charge in [0, 0.05) is 25.7 Å². The number of ether oxygens (including phenoxy) is 1. The summed E-state index contributed by atoms with van der Waals surface area (Å²) in [5.41, 5.74) is 0. The third-order valence-electron chi connectivity index (χ3n) is 3.79. The zero-order valence-corrected chi connectivity index (χ0v) is 13.4. The van der Waals surface area contributed by atoms with Gasteiger partial charge in [-0.15, -0.1) is 0 Å². The predicted molar refractivity (Wildman–Crippen MR) is 76.4 cm³/mol. The molecule has 0 bridgehead atoms. The molecule has 0 radical (unpaired) electrons. The first-order chi connectivity index (χ1) is 9.26. The molecule has 0 saturated carbocycles. The highest BCUT2D eigenvalue weighted by atomic mass is 32.2. The fourth-order valence-corrected chi connectivity index (χ4v) is 3.31. The summed E-state index contributed by atoms with van der Waals surface area (Å²) in [5, 5.41) is 0. The molecular formula is C12H25N3O4S. The second kappa shape index (κ2) is 7.35. The normalized spacial score (nSPS) is 24.9. The predicted octanol–water partition coefficient (Wildman–Crippen LogP) is -0.202. The summed E-state index contributed by atoms with van der Waals surface area (Å²) < 4.78 is 32.6. The molecule has 0 aromatic heterocycles. The molecule has 0 spiro atoms. The lowest BCUT2D eigenvalue weighted by atomic mass is 10.0. The fourth-order valence-electron chi connectivity index (χ4n) is 2.17. The number of nitrogens with zero attached hydrogens (tertiary/aromatic N) is 2. The Balaban J connectivity index is 2.50. The lowest BCUT2D eigenvalue weighted by Crippen LogP contribution is -2.50. The summed E-state index contributed by atoms with van der Waals surface area (Å²) in [6, 6.07) is 0.309. The van der Waals surface area contributed by atoms with Crippen LogP contribution in [0.2, 0.25) is 0 Å². The van der Waals surface area contributed by atoms with Crippen molar-refractivity contribution in [2.45, 2.75) is 38.3 Å². The van der Waals surface area contributed by atoms with Gasteiger partial charge in [-0.3, -0.25) is 4.79 Å². The number of rotatable bonds is 6. The highest BCUT2D eigenvalue weighted by Crippen LogP contribution is 2.16. The van der Waals surface area contributed by atoms with Crippen LogP contribution in [-0.2, 0) is 19.7 Å². The number of likely N-dealkylation sites (tertiary alicyclic amines) is 1. The molecule has 7 nitrogen and oxygen atoms in total. The van der Waals surface area contributed by atoms with Gasteiger partial charge in [-0.2, -0.15) is 17.4 Å². The molecule has 1 aliphatic rings. The number of carbonyl (C=O) groups is 1. The first-order valence-corrected chi connectivity index (χ1v) is 8.21. The third-order valence-corrected chi connectivity index (χ3v) is 5.43. The van der Waals surface area contributed by atoms with Crippen molar-refractivity contribution in [2.24, 2.45) is 0 Å². The van der Waals surface area contributed by atoms with E-state index in [2.05, 4.69) is 21.3 Å². The summed E-state index contributed by atoms with van der Waals surface area (Å²) in [7, 11) is 1.24. The summed E-state index contributed by atoms with van der Waals surface area (Å²) in [6.07, 6.45) is 1.64. The van der Waals surface area contributed by atoms with Crippen molar-refractivity contribution in [1.29, 1.82) is 0 Å². The van der Waals surface area contributed by atoms with Crippen LogP contribution in [0.5, 0.6) is 0 Å². The van der Waals surface area contributed by atoms with Gasteiger partial charge in [0.25, 0.3) is 10.2 Å². The van der Waals surface area contributed by atoms with Crippen LogP contribution in [0.25, 0.3) is 0 Å². The molecule has 0 aromatic rings. The zero-order valence-electron chi connectivity index (χ0n) is 12.6. The van der Waals surface area contributed by atoms with Crippen molar-refractivity contribution in [3.05, 3.63) is 0 Å². The van der Waals surface area contributed by atoms with Crippen molar-refractivity contribution in [3.63, 3.8) is 0 Å². The van der Waals surface area contributed by atoms with E-state index in [1.807, 2.05) is 7.05 Å². The Bertz CT molecular complexity index is 426. The molecule has 2 atom stereocenters. The Morgan fingerprint density at radius 1 is 1.50 bits per heavy atom. The van der Waals surface area contributed by atoms with E-state index in [0.29, 0.717) is 6.04 Å². The third kappa shape index (κ3) is 5.01. The van der Waals surface area contributed by atoms with Gasteiger partial charge in [0.15, 0.2) is 0 Å². The molecule has 1 saturated heterocycles. The van der Waals surface area contributed by atoms with Crippen LogP contribution >= 0.6 is 0 Å². The number of nitrogens with one attached hydrogen (secondary N) is 1. The first kappa shape index (κ1) is 17.4. The number of hydrogen-bond donors (Lipinski definition) is 1. The fraction of sp³-hybridized carbons (Fsp3) is 0.917. The van der Waals surface area contributed by atoms with Gasteiger partial charge in [-0.25, -0.2) is 0 Å². The van der Waals surface area contributed by atoms with E-state index in [4.69, 9.17) is 0 Å². The molecular weight excluding hydrogens is 282 g/mol. The summed E-state index contributed by atoms with van der Waals surface area (Å²) in [5.74, 6) is -0.417. The van der Waals surface area contributed by atoms with Crippen LogP contribution in [0.3, 0.4) is 0 Å². The van der Waals surface area contributed by atoms with Gasteiger partial charge < -0.3 is 9.64 Å². The number of esters is 1. The maximum absolute atomic E-state index is 12.1. The summed E-state index contributed by atoms with van der Waals surface area (Å²) in [4.78, 5) is 13.3. The van der Waals surface area contributed by atoms with E-state index >= 15 is 0 Å². The molecule has 0 amide bonds. The second-order valence-corrected chi connectivity index (χ2v) is 7.13. The molecule has 1 fully saturated rings. The van der Waals surface area contributed by atoms with Crippen molar-refractivity contribution in [2.75, 3.05) is 34.3 Å². The number of methoxy groups -OCH3 is 1. The van der Waals surface area contributed by atoms with E-state index < -0.39 is 16.2 Å². The monoisotopic (exact) mass is 307 g/mol. The molecule has 1 aliphatic heterocycles. The minimum atomic E-state index is -3.55. The topological polar surface area (TPSA) is 78.9 Å². The lowest BCUT2D eigenvalue weighted by molar-refractivity contribution is -0.140. The molecule has 0 aromatic carbocycles. The van der Waals surface area contributed by atoms with Crippen molar-refractivity contribution in [3.8, 4) is 0 Å². The van der Waals surface area contributed by atoms with Crippen molar-refractivity contribution < 1.29 is 17.9 Å². The van der Waals surface area contributed by atoms with Crippen LogP contribution in [0.1, 0.15) is 26.2 Å². The smallest absolute Gasteiger partial charge is 0.306 e. The number of carbonyl (C=O) groups excluding carboxylic acids is 1. The molecule has 8 heteroatoms. The van der Waals surface area contributed by atoms with Crippen LogP contribution in [-0.4, -0.2) is 70.0 Å². The minimum Gasteiger partial charge on any atom is -0.469 e.